The van der Waals surface area contributed by atoms with Crippen molar-refractivity contribution in [3.8, 4) is 0 Å². The molecule has 2 fully saturated rings. The summed E-state index contributed by atoms with van der Waals surface area (Å²) in [6.07, 6.45) is 2.60. The van der Waals surface area contributed by atoms with Gasteiger partial charge in [0.2, 0.25) is 0 Å². The van der Waals surface area contributed by atoms with E-state index in [1.165, 1.54) is 58.8 Å². The summed E-state index contributed by atoms with van der Waals surface area (Å²) in [5, 5.41) is 6.91. The van der Waals surface area contributed by atoms with Gasteiger partial charge >= 0.3 is 0 Å². The molecular weight excluding hydrogens is 188 g/mol. The predicted octanol–water partition coefficient (Wildman–Crippen LogP) is -0.465. The summed E-state index contributed by atoms with van der Waals surface area (Å²) >= 11 is 0. The molecule has 0 unspecified atom stereocenters. The lowest BCUT2D eigenvalue weighted by molar-refractivity contribution is 0.144. The summed E-state index contributed by atoms with van der Waals surface area (Å²) in [5.41, 5.74) is 0. The molecule has 2 aliphatic rings. The van der Waals surface area contributed by atoms with E-state index in [0.717, 1.165) is 13.1 Å². The first-order chi connectivity index (χ1) is 7.45. The summed E-state index contributed by atoms with van der Waals surface area (Å²) < 4.78 is 0. The van der Waals surface area contributed by atoms with Crippen LogP contribution >= 0.6 is 0 Å². The molecule has 88 valence electrons. The second-order valence-electron chi connectivity index (χ2n) is 4.58. The predicted molar refractivity (Wildman–Crippen MR) is 63.0 cm³/mol. The van der Waals surface area contributed by atoms with E-state index in [1.54, 1.807) is 0 Å². The van der Waals surface area contributed by atoms with Crippen LogP contribution in [-0.2, 0) is 0 Å². The van der Waals surface area contributed by atoms with Crippen LogP contribution in [0.25, 0.3) is 0 Å². The van der Waals surface area contributed by atoms with Crippen LogP contribution < -0.4 is 10.6 Å². The van der Waals surface area contributed by atoms with Gasteiger partial charge < -0.3 is 10.6 Å². The maximum atomic E-state index is 3.45. The minimum atomic E-state index is 1.16. The van der Waals surface area contributed by atoms with Gasteiger partial charge in [0, 0.05) is 39.3 Å². The lowest BCUT2D eigenvalue weighted by atomic mass is 10.4. The van der Waals surface area contributed by atoms with Gasteiger partial charge in [0.05, 0.1) is 6.67 Å². The lowest BCUT2D eigenvalue weighted by Gasteiger charge is -2.28. The van der Waals surface area contributed by atoms with E-state index in [1.807, 2.05) is 0 Å². The van der Waals surface area contributed by atoms with E-state index >= 15 is 0 Å². The van der Waals surface area contributed by atoms with Gasteiger partial charge in [-0.3, -0.25) is 9.80 Å². The zero-order valence-corrected chi connectivity index (χ0v) is 9.67. The third kappa shape index (κ3) is 4.07. The summed E-state index contributed by atoms with van der Waals surface area (Å²) in [6.45, 7) is 10.8. The molecule has 2 aliphatic heterocycles. The number of nitrogens with one attached hydrogen (secondary N) is 2. The molecule has 0 atom stereocenters. The Morgan fingerprint density at radius 3 is 1.73 bits per heavy atom. The summed E-state index contributed by atoms with van der Waals surface area (Å²) in [6, 6.07) is 0. The first-order valence-electron chi connectivity index (χ1n) is 6.31. The largest absolute Gasteiger partial charge is 0.315 e. The Morgan fingerprint density at radius 2 is 1.20 bits per heavy atom. The molecule has 0 amide bonds. The molecule has 15 heavy (non-hydrogen) atoms. The molecular formula is C11H24N4. The van der Waals surface area contributed by atoms with Gasteiger partial charge in [-0.1, -0.05) is 0 Å². The summed E-state index contributed by atoms with van der Waals surface area (Å²) in [5.74, 6) is 0. The van der Waals surface area contributed by atoms with Gasteiger partial charge in [0.1, 0.15) is 0 Å². The highest BCUT2D eigenvalue weighted by molar-refractivity contribution is 4.69. The van der Waals surface area contributed by atoms with E-state index in [4.69, 9.17) is 0 Å². The van der Waals surface area contributed by atoms with E-state index in [0.29, 0.717) is 0 Å². The Balaban J connectivity index is 1.73. The molecule has 4 nitrogen and oxygen atoms in total. The minimum absolute atomic E-state index is 1.16. The quantitative estimate of drug-likeness (QED) is 0.648. The maximum Gasteiger partial charge on any atom is 0.0507 e. The second kappa shape index (κ2) is 6.43. The summed E-state index contributed by atoms with van der Waals surface area (Å²) in [4.78, 5) is 5.18. The molecule has 0 saturated carbocycles. The van der Waals surface area contributed by atoms with Crippen molar-refractivity contribution < 1.29 is 0 Å². The first-order valence-corrected chi connectivity index (χ1v) is 6.31. The van der Waals surface area contributed by atoms with Crippen LogP contribution in [0.2, 0.25) is 0 Å². The van der Waals surface area contributed by atoms with Gasteiger partial charge in [-0.15, -0.1) is 0 Å². The molecule has 0 aromatic rings. The smallest absolute Gasteiger partial charge is 0.0507 e. The van der Waals surface area contributed by atoms with Crippen molar-refractivity contribution in [3.05, 3.63) is 0 Å². The van der Waals surface area contributed by atoms with E-state index in [9.17, 15) is 0 Å². The lowest BCUT2D eigenvalue weighted by Crippen LogP contribution is -2.41. The standard InChI is InChI=1S/C11H24N4/c1-3-12-5-9-14(7-1)11-15-8-2-4-13-6-10-15/h12-13H,1-11H2. The Bertz CT molecular complexity index is 140. The number of rotatable bonds is 2. The van der Waals surface area contributed by atoms with Crippen LogP contribution in [0, 0.1) is 0 Å². The van der Waals surface area contributed by atoms with Gasteiger partial charge in [0.15, 0.2) is 0 Å². The summed E-state index contributed by atoms with van der Waals surface area (Å²) in [7, 11) is 0. The van der Waals surface area contributed by atoms with E-state index in [-0.39, 0.29) is 0 Å². The van der Waals surface area contributed by atoms with Crippen LogP contribution in [0.1, 0.15) is 12.8 Å². The first kappa shape index (κ1) is 11.3. The fraction of sp³-hybridized carbons (Fsp3) is 1.00. The number of hydrogen-bond donors (Lipinski definition) is 2. The molecule has 0 aromatic heterocycles. The fourth-order valence-electron chi connectivity index (χ4n) is 2.37. The Hall–Kier alpha value is -0.160. The molecule has 0 aromatic carbocycles. The molecule has 2 heterocycles. The van der Waals surface area contributed by atoms with Crippen LogP contribution in [0.3, 0.4) is 0 Å². The highest BCUT2D eigenvalue weighted by Gasteiger charge is 2.14. The average molecular weight is 212 g/mol. The van der Waals surface area contributed by atoms with Crippen molar-refractivity contribution in [1.82, 2.24) is 20.4 Å². The Labute approximate surface area is 93.0 Å². The normalized spacial score (nSPS) is 27.2. The Kier molecular flexibility index (Phi) is 4.86. The molecule has 0 radical (unpaired) electrons. The zero-order valence-electron chi connectivity index (χ0n) is 9.67. The highest BCUT2D eigenvalue weighted by atomic mass is 15.3. The molecule has 0 aliphatic carbocycles. The van der Waals surface area contributed by atoms with Crippen molar-refractivity contribution in [1.29, 1.82) is 0 Å². The SMILES string of the molecule is C1CNCCN(CN2CCCNCC2)C1. The van der Waals surface area contributed by atoms with Crippen molar-refractivity contribution in [3.63, 3.8) is 0 Å². The monoisotopic (exact) mass is 212 g/mol. The second-order valence-corrected chi connectivity index (χ2v) is 4.58. The maximum absolute atomic E-state index is 3.45. The van der Waals surface area contributed by atoms with Crippen LogP contribution in [0.15, 0.2) is 0 Å². The average Bonchev–Trinajstić information content (AvgIpc) is 2.63. The third-order valence-corrected chi connectivity index (χ3v) is 3.27. The number of nitrogens with zero attached hydrogens (tertiary/aromatic N) is 2. The van der Waals surface area contributed by atoms with Crippen molar-refractivity contribution in [2.24, 2.45) is 0 Å². The van der Waals surface area contributed by atoms with Crippen molar-refractivity contribution >= 4 is 0 Å². The molecule has 4 heteroatoms. The van der Waals surface area contributed by atoms with Crippen LogP contribution in [0.4, 0.5) is 0 Å². The van der Waals surface area contributed by atoms with Crippen molar-refractivity contribution in [2.75, 3.05) is 59.0 Å². The third-order valence-electron chi connectivity index (χ3n) is 3.27. The topological polar surface area (TPSA) is 30.5 Å². The van der Waals surface area contributed by atoms with E-state index < -0.39 is 0 Å². The van der Waals surface area contributed by atoms with Gasteiger partial charge in [-0.25, -0.2) is 0 Å². The molecule has 2 N–H and O–H groups in total. The molecule has 0 spiro atoms. The zero-order chi connectivity index (χ0) is 10.3. The highest BCUT2D eigenvalue weighted by Crippen LogP contribution is 2.01. The fourth-order valence-corrected chi connectivity index (χ4v) is 2.37. The molecule has 0 bridgehead atoms. The molecule has 2 rings (SSSR count). The minimum Gasteiger partial charge on any atom is -0.315 e. The van der Waals surface area contributed by atoms with Gasteiger partial charge in [-0.2, -0.15) is 0 Å². The van der Waals surface area contributed by atoms with Gasteiger partial charge in [-0.05, 0) is 25.9 Å². The van der Waals surface area contributed by atoms with E-state index in [2.05, 4.69) is 20.4 Å². The Morgan fingerprint density at radius 1 is 0.667 bits per heavy atom. The molecule has 2 saturated heterocycles. The van der Waals surface area contributed by atoms with Crippen LogP contribution in [0.5, 0.6) is 0 Å². The van der Waals surface area contributed by atoms with Gasteiger partial charge in [0.25, 0.3) is 0 Å². The van der Waals surface area contributed by atoms with Crippen LogP contribution in [-0.4, -0.2) is 68.8 Å². The van der Waals surface area contributed by atoms with Crippen molar-refractivity contribution in [2.45, 2.75) is 12.8 Å². The number of hydrogen-bond acceptors (Lipinski definition) is 4.